The Morgan fingerprint density at radius 2 is 1.40 bits per heavy atom. The van der Waals surface area contributed by atoms with Crippen LogP contribution in [0.15, 0.2) is 0 Å². The van der Waals surface area contributed by atoms with Crippen molar-refractivity contribution < 1.29 is 8.78 Å². The van der Waals surface area contributed by atoms with E-state index in [2.05, 4.69) is 10.6 Å². The van der Waals surface area contributed by atoms with Crippen LogP contribution in [0.25, 0.3) is 0 Å². The van der Waals surface area contributed by atoms with Crippen LogP contribution in [-0.4, -0.2) is 32.1 Å². The summed E-state index contributed by atoms with van der Waals surface area (Å²) < 4.78 is 25.0. The maximum atomic E-state index is 12.5. The van der Waals surface area contributed by atoms with Crippen molar-refractivity contribution in [2.45, 2.75) is 52.0 Å². The van der Waals surface area contributed by atoms with Gasteiger partial charge in [0, 0.05) is 24.9 Å². The molecule has 0 spiro atoms. The van der Waals surface area contributed by atoms with E-state index in [1.165, 1.54) is 0 Å². The van der Waals surface area contributed by atoms with E-state index in [9.17, 15) is 8.78 Å². The van der Waals surface area contributed by atoms with Gasteiger partial charge in [-0.2, -0.15) is 0 Å². The van der Waals surface area contributed by atoms with Gasteiger partial charge in [-0.1, -0.05) is 27.7 Å². The first-order valence-electron chi connectivity index (χ1n) is 5.75. The molecule has 1 aliphatic carbocycles. The van der Waals surface area contributed by atoms with Gasteiger partial charge in [0.15, 0.2) is 0 Å². The summed E-state index contributed by atoms with van der Waals surface area (Å²) in [6.07, 6.45) is -0.0886. The Labute approximate surface area is 92.8 Å². The Morgan fingerprint density at radius 1 is 1.00 bits per heavy atom. The molecule has 15 heavy (non-hydrogen) atoms. The second-order valence-corrected chi connectivity index (χ2v) is 3.27. The number of likely N-dealkylation sites (N-methyl/N-ethyl adjacent to an activating group) is 2. The normalized spacial score (nSPS) is 20.0. The lowest BCUT2D eigenvalue weighted by atomic mass is 9.73. The number of hydrogen-bond donors (Lipinski definition) is 2. The average molecular weight is 224 g/mol. The topological polar surface area (TPSA) is 24.1 Å². The zero-order chi connectivity index (χ0) is 12.5. The Morgan fingerprint density at radius 3 is 1.60 bits per heavy atom. The minimum absolute atomic E-state index is 0.0443. The second-order valence-electron chi connectivity index (χ2n) is 3.27. The van der Waals surface area contributed by atoms with Crippen molar-refractivity contribution in [3.8, 4) is 0 Å². The average Bonchev–Trinajstić information content (AvgIpc) is 2.21. The molecule has 1 saturated carbocycles. The van der Waals surface area contributed by atoms with Crippen LogP contribution in [0.2, 0.25) is 0 Å². The van der Waals surface area contributed by atoms with E-state index >= 15 is 0 Å². The quantitative estimate of drug-likeness (QED) is 0.770. The molecule has 1 fully saturated rings. The molecular formula is C11H26F2N2. The summed E-state index contributed by atoms with van der Waals surface area (Å²) in [5.74, 6) is -2.44. The number of alkyl halides is 2. The fraction of sp³-hybridized carbons (Fsp3) is 1.00. The van der Waals surface area contributed by atoms with Crippen molar-refractivity contribution in [1.82, 2.24) is 10.6 Å². The molecule has 0 aromatic heterocycles. The van der Waals surface area contributed by atoms with Crippen LogP contribution in [0.1, 0.15) is 40.5 Å². The summed E-state index contributed by atoms with van der Waals surface area (Å²) in [6, 6.07) is 0. The Hall–Kier alpha value is -0.220. The maximum absolute atomic E-state index is 12.5. The molecular weight excluding hydrogens is 198 g/mol. The third kappa shape index (κ3) is 5.42. The van der Waals surface area contributed by atoms with Gasteiger partial charge >= 0.3 is 0 Å². The molecule has 0 bridgehead atoms. The van der Waals surface area contributed by atoms with Crippen molar-refractivity contribution in [3.63, 3.8) is 0 Å². The van der Waals surface area contributed by atoms with Gasteiger partial charge in [-0.05, 0) is 14.1 Å². The molecule has 0 aromatic carbocycles. The first-order chi connectivity index (χ1) is 7.04. The molecule has 0 aliphatic heterocycles. The molecule has 0 radical (unpaired) electrons. The number of nitrogens with one attached hydrogen (secondary N) is 2. The van der Waals surface area contributed by atoms with Gasteiger partial charge in [-0.15, -0.1) is 0 Å². The van der Waals surface area contributed by atoms with Gasteiger partial charge in [0.2, 0.25) is 0 Å². The fourth-order valence-corrected chi connectivity index (χ4v) is 1.67. The third-order valence-electron chi connectivity index (χ3n) is 2.24. The largest absolute Gasteiger partial charge is 0.318 e. The zero-order valence-corrected chi connectivity index (χ0v) is 10.9. The monoisotopic (exact) mass is 224 g/mol. The molecule has 0 heterocycles. The molecule has 1 rings (SSSR count). The molecule has 2 nitrogen and oxygen atoms in total. The van der Waals surface area contributed by atoms with E-state index in [1.54, 1.807) is 14.1 Å². The standard InChI is InChI=1S/C7H14F2N2.2C2H6/c1-10-5-6(11-2)3-7(8,9)4-6;2*1-2/h10-11H,3-5H2,1-2H3;2*1-2H3. The summed E-state index contributed by atoms with van der Waals surface area (Å²) in [4.78, 5) is 0. The summed E-state index contributed by atoms with van der Waals surface area (Å²) >= 11 is 0. The van der Waals surface area contributed by atoms with Crippen molar-refractivity contribution in [3.05, 3.63) is 0 Å². The van der Waals surface area contributed by atoms with E-state index in [1.807, 2.05) is 27.7 Å². The second kappa shape index (κ2) is 7.99. The third-order valence-corrected chi connectivity index (χ3v) is 2.24. The first-order valence-corrected chi connectivity index (χ1v) is 5.75. The van der Waals surface area contributed by atoms with E-state index in [4.69, 9.17) is 0 Å². The minimum atomic E-state index is -2.44. The highest BCUT2D eigenvalue weighted by Gasteiger charge is 2.55. The Balaban J connectivity index is 0. The molecule has 1 aliphatic rings. The fourth-order valence-electron chi connectivity index (χ4n) is 1.67. The minimum Gasteiger partial charge on any atom is -0.318 e. The highest BCUT2D eigenvalue weighted by molar-refractivity contribution is 5.06. The molecule has 0 unspecified atom stereocenters. The summed E-state index contributed by atoms with van der Waals surface area (Å²) in [5, 5.41) is 5.83. The lowest BCUT2D eigenvalue weighted by Crippen LogP contribution is -2.64. The van der Waals surface area contributed by atoms with Crippen LogP contribution in [0.5, 0.6) is 0 Å². The summed E-state index contributed by atoms with van der Waals surface area (Å²) in [6.45, 7) is 8.61. The van der Waals surface area contributed by atoms with Crippen molar-refractivity contribution in [2.75, 3.05) is 20.6 Å². The van der Waals surface area contributed by atoms with Gasteiger partial charge in [0.1, 0.15) is 0 Å². The van der Waals surface area contributed by atoms with Crippen LogP contribution >= 0.6 is 0 Å². The number of halogens is 2. The van der Waals surface area contributed by atoms with Crippen molar-refractivity contribution in [2.24, 2.45) is 0 Å². The first kappa shape index (κ1) is 17.2. The van der Waals surface area contributed by atoms with Gasteiger partial charge < -0.3 is 10.6 Å². The van der Waals surface area contributed by atoms with Crippen LogP contribution in [0, 0.1) is 0 Å². The van der Waals surface area contributed by atoms with Gasteiger partial charge in [0.05, 0.1) is 0 Å². The van der Waals surface area contributed by atoms with E-state index in [0.717, 1.165) is 0 Å². The smallest absolute Gasteiger partial charge is 0.251 e. The summed E-state index contributed by atoms with van der Waals surface area (Å²) in [5.41, 5.74) is -0.363. The summed E-state index contributed by atoms with van der Waals surface area (Å²) in [7, 11) is 3.50. The Bertz CT molecular complexity index is 142. The highest BCUT2D eigenvalue weighted by Crippen LogP contribution is 2.44. The van der Waals surface area contributed by atoms with Crippen LogP contribution < -0.4 is 10.6 Å². The predicted molar refractivity (Wildman–Crippen MR) is 62.6 cm³/mol. The highest BCUT2D eigenvalue weighted by atomic mass is 19.3. The van der Waals surface area contributed by atoms with Crippen LogP contribution in [0.3, 0.4) is 0 Å². The zero-order valence-electron chi connectivity index (χ0n) is 10.9. The molecule has 4 heteroatoms. The van der Waals surface area contributed by atoms with Crippen LogP contribution in [0.4, 0.5) is 8.78 Å². The predicted octanol–water partition coefficient (Wildman–Crippen LogP) is 2.65. The lowest BCUT2D eigenvalue weighted by molar-refractivity contribution is -0.130. The van der Waals surface area contributed by atoms with E-state index < -0.39 is 5.92 Å². The molecule has 2 N–H and O–H groups in total. The molecule has 0 saturated heterocycles. The molecule has 94 valence electrons. The maximum Gasteiger partial charge on any atom is 0.251 e. The number of rotatable bonds is 3. The van der Waals surface area contributed by atoms with Gasteiger partial charge in [0.25, 0.3) is 5.92 Å². The van der Waals surface area contributed by atoms with Gasteiger partial charge in [-0.25, -0.2) is 8.78 Å². The van der Waals surface area contributed by atoms with Crippen molar-refractivity contribution in [1.29, 1.82) is 0 Å². The molecule has 0 atom stereocenters. The number of hydrogen-bond acceptors (Lipinski definition) is 2. The molecule has 0 aromatic rings. The molecule has 0 amide bonds. The Kier molecular flexibility index (Phi) is 9.16. The van der Waals surface area contributed by atoms with Crippen molar-refractivity contribution >= 4 is 0 Å². The van der Waals surface area contributed by atoms with E-state index in [-0.39, 0.29) is 18.4 Å². The van der Waals surface area contributed by atoms with E-state index in [0.29, 0.717) is 6.54 Å². The van der Waals surface area contributed by atoms with Crippen LogP contribution in [-0.2, 0) is 0 Å². The lowest BCUT2D eigenvalue weighted by Gasteiger charge is -2.47. The van der Waals surface area contributed by atoms with Gasteiger partial charge in [-0.3, -0.25) is 0 Å². The SMILES string of the molecule is CC.CC.CNCC1(NC)CC(F)(F)C1.